The molecule has 6 rings (SSSR count). The molecule has 0 fully saturated rings. The van der Waals surface area contributed by atoms with Gasteiger partial charge in [-0.3, -0.25) is 0 Å². The normalized spacial score (nSPS) is 14.1. The predicted molar refractivity (Wildman–Crippen MR) is 153 cm³/mol. The number of fused-ring (bicyclic) bond motifs is 4. The van der Waals surface area contributed by atoms with Crippen LogP contribution in [0.15, 0.2) is 90.3 Å². The van der Waals surface area contributed by atoms with Crippen molar-refractivity contribution in [3.8, 4) is 22.3 Å². The molecule has 1 N–H and O–H groups in total. The number of rotatable bonds is 3. The van der Waals surface area contributed by atoms with Crippen LogP contribution in [0.25, 0.3) is 32.3 Å². The van der Waals surface area contributed by atoms with Gasteiger partial charge in [-0.05, 0) is 74.7 Å². The molecule has 0 saturated heterocycles. The van der Waals surface area contributed by atoms with E-state index in [-0.39, 0.29) is 10.8 Å². The maximum Gasteiger partial charge on any atom is 0.0573 e. The lowest BCUT2D eigenvalue weighted by atomic mass is 9.81. The van der Waals surface area contributed by atoms with Crippen LogP contribution in [0.1, 0.15) is 51.3 Å². The first-order valence-electron chi connectivity index (χ1n) is 12.4. The highest BCUT2D eigenvalue weighted by Gasteiger charge is 2.35. The van der Waals surface area contributed by atoms with Gasteiger partial charge in [-0.15, -0.1) is 11.3 Å². The molecule has 0 unspecified atom stereocenters. The van der Waals surface area contributed by atoms with E-state index in [9.17, 15) is 0 Å². The first-order chi connectivity index (χ1) is 16.7. The van der Waals surface area contributed by atoms with Crippen molar-refractivity contribution in [3.63, 3.8) is 0 Å². The number of thiophene rings is 1. The second-order valence-electron chi connectivity index (χ2n) is 11.2. The molecule has 0 atom stereocenters. The third-order valence-corrected chi connectivity index (χ3v) is 8.46. The number of hydrogen-bond acceptors (Lipinski definition) is 2. The highest BCUT2D eigenvalue weighted by atomic mass is 32.1. The van der Waals surface area contributed by atoms with Crippen LogP contribution in [0.5, 0.6) is 0 Å². The van der Waals surface area contributed by atoms with E-state index in [2.05, 4.69) is 130 Å². The molecule has 35 heavy (non-hydrogen) atoms. The maximum absolute atomic E-state index is 3.71. The van der Waals surface area contributed by atoms with Gasteiger partial charge in [0.05, 0.1) is 5.69 Å². The average molecular weight is 474 g/mol. The largest absolute Gasteiger partial charge is 0.354 e. The van der Waals surface area contributed by atoms with E-state index in [4.69, 9.17) is 0 Å². The third-order valence-electron chi connectivity index (χ3n) is 7.50. The van der Waals surface area contributed by atoms with Gasteiger partial charge in [-0.25, -0.2) is 0 Å². The molecule has 0 saturated carbocycles. The zero-order valence-electron chi connectivity index (χ0n) is 21.1. The molecule has 1 aliphatic rings. The van der Waals surface area contributed by atoms with Gasteiger partial charge in [0.15, 0.2) is 0 Å². The van der Waals surface area contributed by atoms with Gasteiger partial charge in [-0.1, -0.05) is 89.2 Å². The van der Waals surface area contributed by atoms with Crippen molar-refractivity contribution >= 4 is 32.8 Å². The van der Waals surface area contributed by atoms with E-state index in [0.717, 1.165) is 5.69 Å². The second-order valence-corrected chi connectivity index (χ2v) is 12.2. The minimum Gasteiger partial charge on any atom is -0.354 e. The van der Waals surface area contributed by atoms with Gasteiger partial charge < -0.3 is 5.32 Å². The Morgan fingerprint density at radius 3 is 2.31 bits per heavy atom. The molecule has 0 bridgehead atoms. The fraction of sp³-hybridized carbons (Fsp3) is 0.212. The Labute approximate surface area is 212 Å². The van der Waals surface area contributed by atoms with E-state index in [0.29, 0.717) is 0 Å². The second kappa shape index (κ2) is 7.83. The van der Waals surface area contributed by atoms with Crippen molar-refractivity contribution in [3.05, 3.63) is 107 Å². The van der Waals surface area contributed by atoms with Gasteiger partial charge in [0, 0.05) is 26.6 Å². The molecular weight excluding hydrogens is 442 g/mol. The quantitative estimate of drug-likeness (QED) is 0.275. The number of nitrogens with one attached hydrogen (secondary N) is 1. The summed E-state index contributed by atoms with van der Waals surface area (Å²) in [6, 6.07) is 31.5. The molecule has 4 aromatic carbocycles. The summed E-state index contributed by atoms with van der Waals surface area (Å²) < 4.78 is 1.32. The fourth-order valence-electron chi connectivity index (χ4n) is 5.41. The average Bonchev–Trinajstić information content (AvgIpc) is 3.35. The van der Waals surface area contributed by atoms with Crippen molar-refractivity contribution in [2.75, 3.05) is 5.32 Å². The highest BCUT2D eigenvalue weighted by Crippen LogP contribution is 2.49. The van der Waals surface area contributed by atoms with Crippen LogP contribution >= 0.6 is 11.3 Å². The molecule has 1 aromatic heterocycles. The summed E-state index contributed by atoms with van der Waals surface area (Å²) in [4.78, 5) is 0. The van der Waals surface area contributed by atoms with E-state index >= 15 is 0 Å². The summed E-state index contributed by atoms with van der Waals surface area (Å²) in [5.41, 5.74) is 11.9. The fourth-order valence-corrected chi connectivity index (χ4v) is 6.28. The Hall–Kier alpha value is -3.36. The monoisotopic (exact) mass is 473 g/mol. The maximum atomic E-state index is 3.71. The lowest BCUT2D eigenvalue weighted by Crippen LogP contribution is -2.14. The topological polar surface area (TPSA) is 12.0 Å². The van der Waals surface area contributed by atoms with Crippen LogP contribution in [0.3, 0.4) is 0 Å². The zero-order chi connectivity index (χ0) is 24.4. The standard InChI is InChI=1S/C33H31NS/c1-32(2,3)23-14-16-31-27(19-23)30(20-35-31)34-24-10-8-9-21(17-24)22-13-15-26-25-11-6-7-12-28(25)33(4,5)29(26)18-22/h6-20,34H,1-5H3. The van der Waals surface area contributed by atoms with Crippen LogP contribution in [0.2, 0.25) is 0 Å². The molecule has 0 aliphatic heterocycles. The number of hydrogen-bond donors (Lipinski definition) is 1. The SMILES string of the molecule is CC(C)(C)c1ccc2scc(Nc3cccc(-c4ccc5c(c4)C(C)(C)c4ccccc4-5)c3)c2c1. The highest BCUT2D eigenvalue weighted by molar-refractivity contribution is 7.17. The minimum atomic E-state index is 0.0121. The lowest BCUT2D eigenvalue weighted by Gasteiger charge is -2.22. The van der Waals surface area contributed by atoms with Crippen molar-refractivity contribution in [1.29, 1.82) is 0 Å². The van der Waals surface area contributed by atoms with Crippen LogP contribution in [-0.2, 0) is 10.8 Å². The molecule has 0 radical (unpaired) electrons. The van der Waals surface area contributed by atoms with E-state index in [1.54, 1.807) is 11.3 Å². The summed E-state index contributed by atoms with van der Waals surface area (Å²) >= 11 is 1.80. The summed E-state index contributed by atoms with van der Waals surface area (Å²) in [7, 11) is 0. The van der Waals surface area contributed by atoms with Gasteiger partial charge >= 0.3 is 0 Å². The molecule has 2 heteroatoms. The van der Waals surface area contributed by atoms with Gasteiger partial charge in [0.25, 0.3) is 0 Å². The minimum absolute atomic E-state index is 0.0121. The van der Waals surface area contributed by atoms with Crippen molar-refractivity contribution in [1.82, 2.24) is 0 Å². The Bertz CT molecular complexity index is 1580. The molecule has 174 valence electrons. The van der Waals surface area contributed by atoms with Crippen molar-refractivity contribution in [2.45, 2.75) is 45.4 Å². The summed E-state index contributed by atoms with van der Waals surface area (Å²) in [6.45, 7) is 11.5. The molecule has 0 spiro atoms. The van der Waals surface area contributed by atoms with Crippen LogP contribution in [-0.4, -0.2) is 0 Å². The molecule has 1 aliphatic carbocycles. The van der Waals surface area contributed by atoms with Gasteiger partial charge in [0.2, 0.25) is 0 Å². The molecule has 5 aromatic rings. The van der Waals surface area contributed by atoms with Crippen LogP contribution in [0.4, 0.5) is 11.4 Å². The van der Waals surface area contributed by atoms with Crippen LogP contribution in [0, 0.1) is 0 Å². The molecule has 1 heterocycles. The van der Waals surface area contributed by atoms with E-state index in [1.165, 1.54) is 54.7 Å². The molecular formula is C33H31NS. The van der Waals surface area contributed by atoms with Gasteiger partial charge in [0.1, 0.15) is 0 Å². The smallest absolute Gasteiger partial charge is 0.0573 e. The Balaban J connectivity index is 1.36. The predicted octanol–water partition coefficient (Wildman–Crippen LogP) is 9.92. The summed E-state index contributed by atoms with van der Waals surface area (Å²) in [5, 5.41) is 7.24. The Morgan fingerprint density at radius 2 is 1.49 bits per heavy atom. The first kappa shape index (κ1) is 22.1. The van der Waals surface area contributed by atoms with E-state index < -0.39 is 0 Å². The number of benzene rings is 4. The van der Waals surface area contributed by atoms with Crippen molar-refractivity contribution in [2.24, 2.45) is 0 Å². The Morgan fingerprint density at radius 1 is 0.714 bits per heavy atom. The van der Waals surface area contributed by atoms with Crippen molar-refractivity contribution < 1.29 is 0 Å². The first-order valence-corrected chi connectivity index (χ1v) is 13.2. The third kappa shape index (κ3) is 3.68. The molecule has 0 amide bonds. The van der Waals surface area contributed by atoms with Gasteiger partial charge in [-0.2, -0.15) is 0 Å². The number of anilines is 2. The molecule has 1 nitrogen and oxygen atoms in total. The van der Waals surface area contributed by atoms with E-state index in [1.807, 2.05) is 0 Å². The van der Waals surface area contributed by atoms with Crippen LogP contribution < -0.4 is 5.32 Å². The Kier molecular flexibility index (Phi) is 4.95. The summed E-state index contributed by atoms with van der Waals surface area (Å²) in [5.74, 6) is 0. The summed E-state index contributed by atoms with van der Waals surface area (Å²) in [6.07, 6.45) is 0. The zero-order valence-corrected chi connectivity index (χ0v) is 21.9. The lowest BCUT2D eigenvalue weighted by molar-refractivity contribution is 0.591.